The molecule has 2 rings (SSSR count). The number of aromatic nitrogens is 2. The molecule has 0 amide bonds. The lowest BCUT2D eigenvalue weighted by atomic mass is 9.75. The van der Waals surface area contributed by atoms with Crippen LogP contribution in [0.15, 0.2) is 15.7 Å². The first-order valence-corrected chi connectivity index (χ1v) is 8.46. The summed E-state index contributed by atoms with van der Waals surface area (Å²) in [6.45, 7) is 5.76. The summed E-state index contributed by atoms with van der Waals surface area (Å²) in [6.07, 6.45) is 2.73. The van der Waals surface area contributed by atoms with Crippen molar-refractivity contribution >= 4 is 11.9 Å². The lowest BCUT2D eigenvalue weighted by Gasteiger charge is -2.36. The highest BCUT2D eigenvalue weighted by Gasteiger charge is 2.33. The largest absolute Gasteiger partial charge is 0.460 e. The molecular weight excluding hydrogens is 328 g/mol. The van der Waals surface area contributed by atoms with E-state index in [2.05, 4.69) is 25.8 Å². The van der Waals surface area contributed by atoms with E-state index in [0.717, 1.165) is 25.3 Å². The molecule has 0 bridgehead atoms. The highest BCUT2D eigenvalue weighted by atomic mass is 16.6. The zero-order chi connectivity index (χ0) is 18.6. The minimum atomic E-state index is -0.961. The number of esters is 2. The maximum absolute atomic E-state index is 12.0. The second-order valence-electron chi connectivity index (χ2n) is 6.93. The highest BCUT2D eigenvalue weighted by molar-refractivity contribution is 5.88. The van der Waals surface area contributed by atoms with E-state index in [1.807, 2.05) is 4.98 Å². The normalized spacial score (nSPS) is 23.3. The van der Waals surface area contributed by atoms with Crippen molar-refractivity contribution in [1.29, 1.82) is 0 Å². The van der Waals surface area contributed by atoms with Crippen LogP contribution in [-0.4, -0.2) is 34.6 Å². The third kappa shape index (κ3) is 5.30. The van der Waals surface area contributed by atoms with Crippen LogP contribution in [0.1, 0.15) is 50.5 Å². The maximum Gasteiger partial charge on any atom is 0.355 e. The molecule has 0 unspecified atom stereocenters. The number of carbonyl (C=O) groups is 2. The molecule has 138 valence electrons. The van der Waals surface area contributed by atoms with Crippen molar-refractivity contribution in [1.82, 2.24) is 9.97 Å². The van der Waals surface area contributed by atoms with Crippen molar-refractivity contribution in [2.75, 3.05) is 6.61 Å². The molecule has 1 heterocycles. The van der Waals surface area contributed by atoms with Gasteiger partial charge >= 0.3 is 17.6 Å². The standard InChI is InChI=1S/C17H24N2O6/c1-9(2)11-5-4-10(3)6-13(11)25-15(21)8-24-16(22)12-7-14(20)19-17(23)18-12/h7,9-11,13H,4-6,8H2,1-3H3,(H2,18,19,20,23)/t10-,11+,13+/m1/s1. The summed E-state index contributed by atoms with van der Waals surface area (Å²) >= 11 is 0. The molecule has 3 atom stereocenters. The van der Waals surface area contributed by atoms with Crippen molar-refractivity contribution in [2.24, 2.45) is 17.8 Å². The Kier molecular flexibility index (Phi) is 6.17. The molecular formula is C17H24N2O6. The minimum absolute atomic E-state index is 0.186. The summed E-state index contributed by atoms with van der Waals surface area (Å²) in [5.41, 5.74) is -1.86. The maximum atomic E-state index is 12.0. The molecule has 2 N–H and O–H groups in total. The molecule has 0 aliphatic heterocycles. The second-order valence-corrected chi connectivity index (χ2v) is 6.93. The predicted octanol–water partition coefficient (Wildman–Crippen LogP) is 1.22. The summed E-state index contributed by atoms with van der Waals surface area (Å²) in [5.74, 6) is -0.423. The van der Waals surface area contributed by atoms with Crippen LogP contribution in [0.25, 0.3) is 0 Å². The third-order valence-corrected chi connectivity index (χ3v) is 4.55. The van der Waals surface area contributed by atoms with Gasteiger partial charge in [0.2, 0.25) is 0 Å². The van der Waals surface area contributed by atoms with Crippen LogP contribution >= 0.6 is 0 Å². The molecule has 0 aromatic carbocycles. The zero-order valence-electron chi connectivity index (χ0n) is 14.7. The molecule has 8 heteroatoms. The quantitative estimate of drug-likeness (QED) is 0.769. The Morgan fingerprint density at radius 1 is 1.24 bits per heavy atom. The molecule has 25 heavy (non-hydrogen) atoms. The van der Waals surface area contributed by atoms with Crippen molar-refractivity contribution < 1.29 is 19.1 Å². The Bertz CT molecular complexity index is 707. The van der Waals surface area contributed by atoms with Crippen LogP contribution in [0, 0.1) is 17.8 Å². The molecule has 1 aromatic heterocycles. The van der Waals surface area contributed by atoms with Gasteiger partial charge in [-0.05, 0) is 30.6 Å². The van der Waals surface area contributed by atoms with E-state index in [1.54, 1.807) is 0 Å². The molecule has 1 fully saturated rings. The van der Waals surface area contributed by atoms with Crippen molar-refractivity contribution in [3.05, 3.63) is 32.6 Å². The number of H-pyrrole nitrogens is 2. The third-order valence-electron chi connectivity index (χ3n) is 4.55. The van der Waals surface area contributed by atoms with Gasteiger partial charge in [0.1, 0.15) is 11.8 Å². The van der Waals surface area contributed by atoms with E-state index < -0.39 is 29.8 Å². The summed E-state index contributed by atoms with van der Waals surface area (Å²) in [4.78, 5) is 50.2. The van der Waals surface area contributed by atoms with E-state index in [4.69, 9.17) is 9.47 Å². The van der Waals surface area contributed by atoms with E-state index >= 15 is 0 Å². The summed E-state index contributed by atoms with van der Waals surface area (Å²) in [5, 5.41) is 0. The van der Waals surface area contributed by atoms with Gasteiger partial charge in [-0.3, -0.25) is 9.78 Å². The number of hydrogen-bond donors (Lipinski definition) is 2. The smallest absolute Gasteiger partial charge is 0.355 e. The number of aromatic amines is 2. The molecule has 1 aliphatic rings. The Labute approximate surface area is 144 Å². The average molecular weight is 352 g/mol. The fourth-order valence-corrected chi connectivity index (χ4v) is 3.23. The Morgan fingerprint density at radius 2 is 1.96 bits per heavy atom. The van der Waals surface area contributed by atoms with Crippen molar-refractivity contribution in [2.45, 2.75) is 46.1 Å². The topological polar surface area (TPSA) is 118 Å². The van der Waals surface area contributed by atoms with Crippen LogP contribution < -0.4 is 11.2 Å². The van der Waals surface area contributed by atoms with Gasteiger partial charge in [-0.2, -0.15) is 0 Å². The van der Waals surface area contributed by atoms with E-state index in [-0.39, 0.29) is 11.8 Å². The van der Waals surface area contributed by atoms with Crippen LogP contribution in [0.5, 0.6) is 0 Å². The number of ether oxygens (including phenoxy) is 2. The Morgan fingerprint density at radius 3 is 2.60 bits per heavy atom. The Hall–Kier alpha value is -2.38. The van der Waals surface area contributed by atoms with Crippen molar-refractivity contribution in [3.63, 3.8) is 0 Å². The van der Waals surface area contributed by atoms with Crippen LogP contribution in [0.2, 0.25) is 0 Å². The molecule has 1 aromatic rings. The highest BCUT2D eigenvalue weighted by Crippen LogP contribution is 2.35. The number of carbonyl (C=O) groups excluding carboxylic acids is 2. The predicted molar refractivity (Wildman–Crippen MR) is 89.2 cm³/mol. The van der Waals surface area contributed by atoms with Gasteiger partial charge in [0.25, 0.3) is 5.56 Å². The van der Waals surface area contributed by atoms with Crippen LogP contribution in [0.3, 0.4) is 0 Å². The minimum Gasteiger partial charge on any atom is -0.460 e. The molecule has 8 nitrogen and oxygen atoms in total. The van der Waals surface area contributed by atoms with Gasteiger partial charge in [-0.25, -0.2) is 14.4 Å². The molecule has 0 saturated heterocycles. The second kappa shape index (κ2) is 8.13. The van der Waals surface area contributed by atoms with Gasteiger partial charge in [-0.1, -0.05) is 27.2 Å². The first-order chi connectivity index (χ1) is 11.8. The van der Waals surface area contributed by atoms with Gasteiger partial charge in [0.05, 0.1) is 0 Å². The lowest BCUT2D eigenvalue weighted by Crippen LogP contribution is -2.37. The SMILES string of the molecule is CC(C)[C@@H]1CC[C@@H](C)C[C@@H]1OC(=O)COC(=O)c1cc(=O)[nH]c(=O)[nH]1. The monoisotopic (exact) mass is 352 g/mol. The average Bonchev–Trinajstić information content (AvgIpc) is 2.51. The van der Waals surface area contributed by atoms with E-state index in [0.29, 0.717) is 17.8 Å². The molecule has 1 aliphatic carbocycles. The van der Waals surface area contributed by atoms with Crippen LogP contribution in [0.4, 0.5) is 0 Å². The van der Waals surface area contributed by atoms with Crippen LogP contribution in [-0.2, 0) is 14.3 Å². The van der Waals surface area contributed by atoms with E-state index in [9.17, 15) is 19.2 Å². The fourth-order valence-electron chi connectivity index (χ4n) is 3.23. The summed E-state index contributed by atoms with van der Waals surface area (Å²) < 4.78 is 10.3. The van der Waals surface area contributed by atoms with Crippen molar-refractivity contribution in [3.8, 4) is 0 Å². The summed E-state index contributed by atoms with van der Waals surface area (Å²) in [7, 11) is 0. The first-order valence-electron chi connectivity index (χ1n) is 8.46. The fraction of sp³-hybridized carbons (Fsp3) is 0.647. The van der Waals surface area contributed by atoms with Gasteiger partial charge in [0.15, 0.2) is 6.61 Å². The van der Waals surface area contributed by atoms with Gasteiger partial charge < -0.3 is 14.5 Å². The van der Waals surface area contributed by atoms with Gasteiger partial charge in [0, 0.05) is 6.07 Å². The Balaban J connectivity index is 1.92. The lowest BCUT2D eigenvalue weighted by molar-refractivity contribution is -0.159. The zero-order valence-corrected chi connectivity index (χ0v) is 14.7. The number of nitrogens with one attached hydrogen (secondary N) is 2. The van der Waals surface area contributed by atoms with Gasteiger partial charge in [-0.15, -0.1) is 0 Å². The molecule has 0 spiro atoms. The number of rotatable bonds is 5. The molecule has 1 saturated carbocycles. The first kappa shape index (κ1) is 19.0. The number of hydrogen-bond acceptors (Lipinski definition) is 6. The molecule has 0 radical (unpaired) electrons. The summed E-state index contributed by atoms with van der Waals surface area (Å²) in [6, 6.07) is 0.896. The van der Waals surface area contributed by atoms with E-state index in [1.165, 1.54) is 0 Å².